The SMILES string of the molecule is COc1ccc(C)cc1CCNC(=O)c1ccoc1CN1c2ccccc2CC1C. The Balaban J connectivity index is 1.41. The van der Waals surface area contributed by atoms with Crippen molar-refractivity contribution in [3.05, 3.63) is 82.8 Å². The van der Waals surface area contributed by atoms with Gasteiger partial charge in [0.15, 0.2) is 0 Å². The van der Waals surface area contributed by atoms with Gasteiger partial charge >= 0.3 is 0 Å². The summed E-state index contributed by atoms with van der Waals surface area (Å²) in [5.41, 5.74) is 5.43. The second-order valence-corrected chi connectivity index (χ2v) is 7.89. The number of rotatable bonds is 7. The Bertz CT molecular complexity index is 1040. The van der Waals surface area contributed by atoms with Gasteiger partial charge < -0.3 is 19.4 Å². The van der Waals surface area contributed by atoms with Gasteiger partial charge in [-0.05, 0) is 56.0 Å². The van der Waals surface area contributed by atoms with Crippen molar-refractivity contribution < 1.29 is 13.9 Å². The first-order valence-corrected chi connectivity index (χ1v) is 10.4. The van der Waals surface area contributed by atoms with Crippen LogP contribution >= 0.6 is 0 Å². The molecule has 4 rings (SSSR count). The molecule has 5 heteroatoms. The maximum absolute atomic E-state index is 12.8. The van der Waals surface area contributed by atoms with Crippen LogP contribution in [0.5, 0.6) is 5.75 Å². The van der Waals surface area contributed by atoms with E-state index in [0.29, 0.717) is 36.9 Å². The summed E-state index contributed by atoms with van der Waals surface area (Å²) in [6, 6.07) is 16.6. The summed E-state index contributed by atoms with van der Waals surface area (Å²) in [5, 5.41) is 3.03. The molecule has 1 unspecified atom stereocenters. The number of hydrogen-bond acceptors (Lipinski definition) is 4. The zero-order valence-electron chi connectivity index (χ0n) is 17.8. The van der Waals surface area contributed by atoms with Crippen molar-refractivity contribution in [2.45, 2.75) is 39.3 Å². The molecular formula is C25H28N2O3. The molecule has 0 spiro atoms. The molecule has 0 radical (unpaired) electrons. The second kappa shape index (κ2) is 8.66. The highest BCUT2D eigenvalue weighted by Gasteiger charge is 2.27. The van der Waals surface area contributed by atoms with E-state index in [2.05, 4.69) is 54.4 Å². The monoisotopic (exact) mass is 404 g/mol. The predicted octanol–water partition coefficient (Wildman–Crippen LogP) is 4.52. The van der Waals surface area contributed by atoms with Gasteiger partial charge in [0.25, 0.3) is 5.91 Å². The van der Waals surface area contributed by atoms with Crippen LogP contribution in [-0.4, -0.2) is 25.6 Å². The number of carbonyl (C=O) groups is 1. The Labute approximate surface area is 177 Å². The fourth-order valence-corrected chi connectivity index (χ4v) is 4.20. The van der Waals surface area contributed by atoms with Gasteiger partial charge in [-0.3, -0.25) is 4.79 Å². The summed E-state index contributed by atoms with van der Waals surface area (Å²) < 4.78 is 11.1. The molecule has 2 heterocycles. The fraction of sp³-hybridized carbons (Fsp3) is 0.320. The predicted molar refractivity (Wildman–Crippen MR) is 118 cm³/mol. The van der Waals surface area contributed by atoms with Gasteiger partial charge in [-0.25, -0.2) is 0 Å². The molecule has 1 atom stereocenters. The molecule has 1 amide bonds. The van der Waals surface area contributed by atoms with Gasteiger partial charge in [0.1, 0.15) is 11.5 Å². The Hall–Kier alpha value is -3.21. The van der Waals surface area contributed by atoms with Crippen LogP contribution in [0.15, 0.2) is 59.2 Å². The lowest BCUT2D eigenvalue weighted by atomic mass is 10.1. The van der Waals surface area contributed by atoms with Gasteiger partial charge in [0.05, 0.1) is 25.5 Å². The van der Waals surface area contributed by atoms with Crippen molar-refractivity contribution >= 4 is 11.6 Å². The highest BCUT2D eigenvalue weighted by Crippen LogP contribution is 2.33. The first kappa shape index (κ1) is 20.1. The van der Waals surface area contributed by atoms with E-state index in [0.717, 1.165) is 17.7 Å². The first-order chi connectivity index (χ1) is 14.6. The number of hydrogen-bond donors (Lipinski definition) is 1. The number of aryl methyl sites for hydroxylation is 1. The maximum atomic E-state index is 12.8. The van der Waals surface area contributed by atoms with Gasteiger partial charge in [0.2, 0.25) is 0 Å². The number of carbonyl (C=O) groups excluding carboxylic acids is 1. The first-order valence-electron chi connectivity index (χ1n) is 10.4. The van der Waals surface area contributed by atoms with E-state index in [-0.39, 0.29) is 5.91 Å². The van der Waals surface area contributed by atoms with E-state index in [9.17, 15) is 4.79 Å². The van der Waals surface area contributed by atoms with Crippen LogP contribution in [0.1, 0.15) is 39.7 Å². The van der Waals surface area contributed by atoms with Crippen LogP contribution in [0.3, 0.4) is 0 Å². The standard InChI is InChI=1S/C25H28N2O3/c1-17-8-9-23(29-3)20(14-17)10-12-26-25(28)21-11-13-30-24(21)16-27-18(2)15-19-6-4-5-7-22(19)27/h4-9,11,13-14,18H,10,12,15-16H2,1-3H3,(H,26,28). The number of ether oxygens (including phenoxy) is 1. The zero-order valence-corrected chi connectivity index (χ0v) is 17.8. The van der Waals surface area contributed by atoms with Crippen molar-refractivity contribution in [1.29, 1.82) is 0 Å². The number of methoxy groups -OCH3 is 1. The molecule has 1 aromatic heterocycles. The van der Waals surface area contributed by atoms with E-state index >= 15 is 0 Å². The lowest BCUT2D eigenvalue weighted by Crippen LogP contribution is -2.31. The van der Waals surface area contributed by atoms with E-state index in [4.69, 9.17) is 9.15 Å². The number of furan rings is 1. The molecule has 0 saturated heterocycles. The molecule has 0 bridgehead atoms. The third-order valence-corrected chi connectivity index (χ3v) is 5.77. The summed E-state index contributed by atoms with van der Waals surface area (Å²) >= 11 is 0. The molecule has 0 saturated carbocycles. The zero-order chi connectivity index (χ0) is 21.1. The molecule has 1 aliphatic rings. The molecule has 0 fully saturated rings. The summed E-state index contributed by atoms with van der Waals surface area (Å²) in [4.78, 5) is 15.1. The summed E-state index contributed by atoms with van der Waals surface area (Å²) in [5.74, 6) is 1.44. The van der Waals surface area contributed by atoms with Crippen LogP contribution in [-0.2, 0) is 19.4 Å². The quantitative estimate of drug-likeness (QED) is 0.629. The third kappa shape index (κ3) is 4.06. The minimum absolute atomic E-state index is 0.106. The van der Waals surface area contributed by atoms with Gasteiger partial charge in [0, 0.05) is 18.3 Å². The molecule has 1 aliphatic heterocycles. The van der Waals surface area contributed by atoms with Crippen LogP contribution in [0.4, 0.5) is 5.69 Å². The number of amides is 1. The topological polar surface area (TPSA) is 54.7 Å². The fourth-order valence-electron chi connectivity index (χ4n) is 4.20. The minimum Gasteiger partial charge on any atom is -0.496 e. The number of fused-ring (bicyclic) bond motifs is 1. The van der Waals surface area contributed by atoms with Crippen molar-refractivity contribution in [3.63, 3.8) is 0 Å². The van der Waals surface area contributed by atoms with E-state index in [1.807, 2.05) is 12.1 Å². The minimum atomic E-state index is -0.106. The maximum Gasteiger partial charge on any atom is 0.254 e. The Morgan fingerprint density at radius 1 is 1.23 bits per heavy atom. The lowest BCUT2D eigenvalue weighted by Gasteiger charge is -2.24. The van der Waals surface area contributed by atoms with Crippen LogP contribution in [0, 0.1) is 6.92 Å². The van der Waals surface area contributed by atoms with Gasteiger partial charge in [-0.1, -0.05) is 35.9 Å². The van der Waals surface area contributed by atoms with Gasteiger partial charge in [-0.15, -0.1) is 0 Å². The smallest absolute Gasteiger partial charge is 0.254 e. The number of nitrogens with one attached hydrogen (secondary N) is 1. The summed E-state index contributed by atoms with van der Waals surface area (Å²) in [6.45, 7) is 5.38. The highest BCUT2D eigenvalue weighted by molar-refractivity contribution is 5.95. The van der Waals surface area contributed by atoms with Crippen molar-refractivity contribution in [2.75, 3.05) is 18.6 Å². The molecule has 3 aromatic rings. The lowest BCUT2D eigenvalue weighted by molar-refractivity contribution is 0.0952. The Morgan fingerprint density at radius 3 is 2.90 bits per heavy atom. The number of benzene rings is 2. The van der Waals surface area contributed by atoms with Crippen molar-refractivity contribution in [2.24, 2.45) is 0 Å². The molecule has 5 nitrogen and oxygen atoms in total. The Kier molecular flexibility index (Phi) is 5.79. The van der Waals surface area contributed by atoms with E-state index < -0.39 is 0 Å². The van der Waals surface area contributed by atoms with Gasteiger partial charge in [-0.2, -0.15) is 0 Å². The Morgan fingerprint density at radius 2 is 2.07 bits per heavy atom. The second-order valence-electron chi connectivity index (χ2n) is 7.89. The van der Waals surface area contributed by atoms with E-state index in [1.54, 1.807) is 19.4 Å². The molecule has 1 N–H and O–H groups in total. The molecule has 0 aliphatic carbocycles. The van der Waals surface area contributed by atoms with Crippen LogP contribution in [0.25, 0.3) is 0 Å². The molecule has 2 aromatic carbocycles. The summed E-state index contributed by atoms with van der Waals surface area (Å²) in [6.07, 6.45) is 3.32. The average molecular weight is 405 g/mol. The molecule has 156 valence electrons. The molecular weight excluding hydrogens is 376 g/mol. The number of para-hydroxylation sites is 1. The number of anilines is 1. The number of nitrogens with zero attached hydrogens (tertiary/aromatic N) is 1. The van der Waals surface area contributed by atoms with Crippen LogP contribution < -0.4 is 15.0 Å². The van der Waals surface area contributed by atoms with Crippen molar-refractivity contribution in [3.8, 4) is 5.75 Å². The normalized spacial score (nSPS) is 15.2. The van der Waals surface area contributed by atoms with E-state index in [1.165, 1.54) is 16.8 Å². The largest absolute Gasteiger partial charge is 0.496 e. The highest BCUT2D eigenvalue weighted by atomic mass is 16.5. The van der Waals surface area contributed by atoms with Crippen LogP contribution in [0.2, 0.25) is 0 Å². The molecule has 30 heavy (non-hydrogen) atoms. The third-order valence-electron chi connectivity index (χ3n) is 5.77. The summed E-state index contributed by atoms with van der Waals surface area (Å²) in [7, 11) is 1.67. The van der Waals surface area contributed by atoms with Crippen molar-refractivity contribution in [1.82, 2.24) is 5.32 Å². The average Bonchev–Trinajstić information content (AvgIpc) is 3.33.